The van der Waals surface area contributed by atoms with Crippen LogP contribution in [0.2, 0.25) is 0 Å². The molecule has 0 aromatic carbocycles. The lowest BCUT2D eigenvalue weighted by atomic mass is 10.1. The van der Waals surface area contributed by atoms with Gasteiger partial charge >= 0.3 is 0 Å². The summed E-state index contributed by atoms with van der Waals surface area (Å²) in [5.41, 5.74) is 0. The minimum atomic E-state index is 0.576. The lowest BCUT2D eigenvalue weighted by molar-refractivity contribution is 0.713. The molecule has 7 heavy (non-hydrogen) atoms. The van der Waals surface area contributed by atoms with Crippen molar-refractivity contribution in [3.63, 3.8) is 0 Å². The Morgan fingerprint density at radius 1 is 1.57 bits per heavy atom. The summed E-state index contributed by atoms with van der Waals surface area (Å²) >= 11 is 0. The Morgan fingerprint density at radius 3 is 2.29 bits per heavy atom. The van der Waals surface area contributed by atoms with Gasteiger partial charge in [-0.2, -0.15) is 0 Å². The van der Waals surface area contributed by atoms with Crippen LogP contribution in [0, 0.1) is 5.92 Å². The molecular formula is C6H10F. The molecule has 0 spiro atoms. The number of halogens is 1. The highest BCUT2D eigenvalue weighted by molar-refractivity contribution is 4.88. The van der Waals surface area contributed by atoms with Gasteiger partial charge in [0.15, 0.2) is 0 Å². The van der Waals surface area contributed by atoms with Crippen LogP contribution in [0.15, 0.2) is 12.4 Å². The molecule has 0 aliphatic rings. The molecule has 0 bridgehead atoms. The van der Waals surface area contributed by atoms with Crippen molar-refractivity contribution in [2.45, 2.75) is 20.3 Å². The first-order valence-corrected chi connectivity index (χ1v) is 2.31. The van der Waals surface area contributed by atoms with Gasteiger partial charge in [0.2, 0.25) is 0 Å². The van der Waals surface area contributed by atoms with Gasteiger partial charge in [-0.3, -0.25) is 0 Å². The third-order valence-electron chi connectivity index (χ3n) is 0.615. The van der Waals surface area contributed by atoms with E-state index < -0.39 is 0 Å². The van der Waals surface area contributed by atoms with Crippen molar-refractivity contribution in [1.29, 1.82) is 0 Å². The summed E-state index contributed by atoms with van der Waals surface area (Å²) in [6.07, 6.45) is 2.83. The summed E-state index contributed by atoms with van der Waals surface area (Å²) in [5.74, 6) is 1.23. The maximum absolute atomic E-state index is 11.2. The van der Waals surface area contributed by atoms with E-state index in [-0.39, 0.29) is 0 Å². The molecule has 1 radical (unpaired) electrons. The number of allylic oxidation sites excluding steroid dienone is 1. The fraction of sp³-hybridized carbons (Fsp3) is 0.500. The average molecular weight is 101 g/mol. The quantitative estimate of drug-likeness (QED) is 0.501. The van der Waals surface area contributed by atoms with Gasteiger partial charge in [-0.25, -0.2) is 4.39 Å². The molecule has 1 heteroatoms. The molecule has 0 saturated heterocycles. The monoisotopic (exact) mass is 101 g/mol. The highest BCUT2D eigenvalue weighted by Crippen LogP contribution is 2.01. The maximum atomic E-state index is 11.2. The largest absolute Gasteiger partial charge is 0.216 e. The zero-order chi connectivity index (χ0) is 5.70. The van der Waals surface area contributed by atoms with Crippen LogP contribution in [0.3, 0.4) is 0 Å². The predicted octanol–water partition coefficient (Wildman–Crippen LogP) is 2.47. The Labute approximate surface area is 44.0 Å². The predicted molar refractivity (Wildman–Crippen MR) is 29.5 cm³/mol. The van der Waals surface area contributed by atoms with Crippen molar-refractivity contribution in [3.8, 4) is 0 Å². The van der Waals surface area contributed by atoms with Gasteiger partial charge in [-0.1, -0.05) is 19.9 Å². The average Bonchev–Trinajstić information content (AvgIpc) is 1.61. The van der Waals surface area contributed by atoms with Gasteiger partial charge in [0.1, 0.15) is 0 Å². The molecule has 0 aromatic rings. The van der Waals surface area contributed by atoms with Crippen LogP contribution in [0.4, 0.5) is 4.39 Å². The lowest BCUT2D eigenvalue weighted by Gasteiger charge is -1.92. The minimum Gasteiger partial charge on any atom is -0.216 e. The van der Waals surface area contributed by atoms with Gasteiger partial charge < -0.3 is 0 Å². The third kappa shape index (κ3) is 5.67. The van der Waals surface area contributed by atoms with E-state index in [2.05, 4.69) is 0 Å². The molecule has 0 nitrogen and oxygen atoms in total. The maximum Gasteiger partial charge on any atom is 0.0827 e. The molecule has 0 N–H and O–H groups in total. The molecular weight excluding hydrogens is 91.1 g/mol. The second-order valence-corrected chi connectivity index (χ2v) is 1.77. The van der Waals surface area contributed by atoms with Gasteiger partial charge in [-0.05, 0) is 12.3 Å². The van der Waals surface area contributed by atoms with Crippen LogP contribution in [0.5, 0.6) is 0 Å². The molecule has 41 valence electrons. The van der Waals surface area contributed by atoms with E-state index in [4.69, 9.17) is 0 Å². The lowest BCUT2D eigenvalue weighted by Crippen LogP contribution is -1.76. The molecule has 0 unspecified atom stereocenters. The molecule has 0 saturated carbocycles. The van der Waals surface area contributed by atoms with E-state index in [1.54, 1.807) is 0 Å². The first kappa shape index (κ1) is 6.67. The van der Waals surface area contributed by atoms with Crippen LogP contribution in [0.1, 0.15) is 20.3 Å². The van der Waals surface area contributed by atoms with Gasteiger partial charge in [0.25, 0.3) is 0 Å². The summed E-state index contributed by atoms with van der Waals surface area (Å²) in [5, 5.41) is 0. The second-order valence-electron chi connectivity index (χ2n) is 1.77. The summed E-state index contributed by atoms with van der Waals surface area (Å²) in [6.45, 7) is 3.94. The molecule has 0 aliphatic heterocycles. The Hall–Kier alpha value is -0.330. The first-order valence-electron chi connectivity index (χ1n) is 2.31. The Balaban J connectivity index is 2.97. The summed E-state index contributed by atoms with van der Waals surface area (Å²) < 4.78 is 11.2. The number of hydrogen-bond donors (Lipinski definition) is 0. The fourth-order valence-corrected chi connectivity index (χ4v) is 0.280. The van der Waals surface area contributed by atoms with Crippen molar-refractivity contribution in [2.24, 2.45) is 0 Å². The smallest absolute Gasteiger partial charge is 0.0827 e. The third-order valence-corrected chi connectivity index (χ3v) is 0.615. The van der Waals surface area contributed by atoms with Gasteiger partial charge in [0, 0.05) is 0 Å². The van der Waals surface area contributed by atoms with Crippen molar-refractivity contribution >= 4 is 0 Å². The van der Waals surface area contributed by atoms with Crippen LogP contribution in [-0.2, 0) is 0 Å². The van der Waals surface area contributed by atoms with Crippen molar-refractivity contribution in [3.05, 3.63) is 18.3 Å². The Bertz CT molecular complexity index is 55.2. The molecule has 0 amide bonds. The van der Waals surface area contributed by atoms with Crippen LogP contribution < -0.4 is 0 Å². The SMILES string of the molecule is C[C](C)CC=CF. The van der Waals surface area contributed by atoms with E-state index in [9.17, 15) is 4.39 Å². The Morgan fingerprint density at radius 2 is 2.14 bits per heavy atom. The summed E-state index contributed by atoms with van der Waals surface area (Å²) in [4.78, 5) is 0. The molecule has 0 rings (SSSR count). The zero-order valence-corrected chi connectivity index (χ0v) is 4.74. The molecule has 0 atom stereocenters. The number of hydrogen-bond acceptors (Lipinski definition) is 0. The highest BCUT2D eigenvalue weighted by Gasteiger charge is 1.85. The van der Waals surface area contributed by atoms with Crippen molar-refractivity contribution < 1.29 is 4.39 Å². The first-order chi connectivity index (χ1) is 3.27. The van der Waals surface area contributed by atoms with E-state index in [1.165, 1.54) is 12.0 Å². The van der Waals surface area contributed by atoms with Crippen LogP contribution in [-0.4, -0.2) is 0 Å². The number of rotatable bonds is 2. The van der Waals surface area contributed by atoms with Crippen LogP contribution >= 0.6 is 0 Å². The summed E-state index contributed by atoms with van der Waals surface area (Å²) in [7, 11) is 0. The van der Waals surface area contributed by atoms with E-state index >= 15 is 0 Å². The Kier molecular flexibility index (Phi) is 3.67. The normalized spacial score (nSPS) is 11.4. The minimum absolute atomic E-state index is 0.576. The van der Waals surface area contributed by atoms with Crippen LogP contribution in [0.25, 0.3) is 0 Å². The van der Waals surface area contributed by atoms with Gasteiger partial charge in [0.05, 0.1) is 6.33 Å². The molecule has 0 aliphatic carbocycles. The molecule has 0 aromatic heterocycles. The molecule has 0 fully saturated rings. The second kappa shape index (κ2) is 3.85. The highest BCUT2D eigenvalue weighted by atomic mass is 19.1. The zero-order valence-electron chi connectivity index (χ0n) is 4.74. The van der Waals surface area contributed by atoms with Crippen molar-refractivity contribution in [1.82, 2.24) is 0 Å². The fourth-order valence-electron chi connectivity index (χ4n) is 0.280. The standard InChI is InChI=1S/C6H10F/c1-6(2)4-3-5-7/h3,5H,4H2,1-2H3. The van der Waals surface area contributed by atoms with E-state index in [1.807, 2.05) is 13.8 Å². The summed E-state index contributed by atoms with van der Waals surface area (Å²) in [6, 6.07) is 0. The van der Waals surface area contributed by atoms with E-state index in [0.717, 1.165) is 6.42 Å². The van der Waals surface area contributed by atoms with E-state index in [0.29, 0.717) is 6.33 Å². The topological polar surface area (TPSA) is 0 Å². The molecule has 0 heterocycles. The van der Waals surface area contributed by atoms with Gasteiger partial charge in [-0.15, -0.1) is 0 Å². The van der Waals surface area contributed by atoms with Crippen molar-refractivity contribution in [2.75, 3.05) is 0 Å².